The highest BCUT2D eigenvalue weighted by molar-refractivity contribution is 5.96. The van der Waals surface area contributed by atoms with Gasteiger partial charge in [-0.1, -0.05) is 13.0 Å². The zero-order valence-corrected chi connectivity index (χ0v) is 15.4. The minimum Gasteiger partial charge on any atom is -0.482 e. The first-order valence-electron chi connectivity index (χ1n) is 8.58. The van der Waals surface area contributed by atoms with Crippen LogP contribution in [0.5, 0.6) is 5.75 Å². The first kappa shape index (κ1) is 21.9. The Morgan fingerprint density at radius 3 is 2.31 bits per heavy atom. The number of anilines is 1. The van der Waals surface area contributed by atoms with E-state index in [1.807, 2.05) is 0 Å². The Bertz CT molecular complexity index is 878. The predicted molar refractivity (Wildman–Crippen MR) is 97.6 cm³/mol. The molecule has 1 amide bonds. The number of benzene rings is 2. The number of hydrogen-bond donors (Lipinski definition) is 1. The highest BCUT2D eigenvalue weighted by Gasteiger charge is 2.30. The van der Waals surface area contributed by atoms with Crippen LogP contribution in [0.1, 0.15) is 29.3 Å². The molecule has 0 aliphatic heterocycles. The van der Waals surface area contributed by atoms with Crippen molar-refractivity contribution >= 4 is 23.3 Å². The molecule has 2 aromatic carbocycles. The molecule has 0 aromatic heterocycles. The number of esters is 1. The van der Waals surface area contributed by atoms with E-state index in [1.54, 1.807) is 19.1 Å². The van der Waals surface area contributed by atoms with E-state index in [0.29, 0.717) is 17.7 Å². The lowest BCUT2D eigenvalue weighted by Gasteiger charge is -2.10. The van der Waals surface area contributed by atoms with Crippen molar-refractivity contribution in [3.05, 3.63) is 59.7 Å². The highest BCUT2D eigenvalue weighted by atomic mass is 19.4. The van der Waals surface area contributed by atoms with Crippen molar-refractivity contribution in [1.82, 2.24) is 0 Å². The Hall–Kier alpha value is -3.36. The molecule has 0 unspecified atom stereocenters. The fourth-order valence-electron chi connectivity index (χ4n) is 2.24. The summed E-state index contributed by atoms with van der Waals surface area (Å²) in [7, 11) is 0. The van der Waals surface area contributed by atoms with Gasteiger partial charge in [-0.25, -0.2) is 4.79 Å². The van der Waals surface area contributed by atoms with Gasteiger partial charge in [0.2, 0.25) is 0 Å². The van der Waals surface area contributed by atoms with Crippen LogP contribution in [0.2, 0.25) is 0 Å². The van der Waals surface area contributed by atoms with Gasteiger partial charge < -0.3 is 14.8 Å². The van der Waals surface area contributed by atoms with Crippen molar-refractivity contribution < 1.29 is 37.0 Å². The molecule has 2 rings (SSSR count). The van der Waals surface area contributed by atoms with Gasteiger partial charge in [-0.05, 0) is 42.5 Å². The molecule has 0 fully saturated rings. The Morgan fingerprint density at radius 1 is 1.00 bits per heavy atom. The van der Waals surface area contributed by atoms with Gasteiger partial charge in [-0.3, -0.25) is 9.59 Å². The van der Waals surface area contributed by atoms with Crippen LogP contribution in [0.15, 0.2) is 48.5 Å². The summed E-state index contributed by atoms with van der Waals surface area (Å²) in [6, 6.07) is 10.3. The third kappa shape index (κ3) is 6.95. The molecule has 0 aliphatic carbocycles. The van der Waals surface area contributed by atoms with E-state index in [1.165, 1.54) is 18.2 Å². The van der Waals surface area contributed by atoms with Crippen LogP contribution < -0.4 is 10.1 Å². The number of alkyl halides is 3. The van der Waals surface area contributed by atoms with Gasteiger partial charge in [0.1, 0.15) is 5.75 Å². The minimum atomic E-state index is -4.54. The van der Waals surface area contributed by atoms with Gasteiger partial charge in [-0.2, -0.15) is 13.2 Å². The number of amides is 1. The van der Waals surface area contributed by atoms with Crippen molar-refractivity contribution in [1.29, 1.82) is 0 Å². The summed E-state index contributed by atoms with van der Waals surface area (Å²) in [5, 5.41) is 2.22. The monoisotopic (exact) mass is 409 g/mol. The summed E-state index contributed by atoms with van der Waals surface area (Å²) in [6.07, 6.45) is -4.17. The second-order valence-electron chi connectivity index (χ2n) is 5.88. The Balaban J connectivity index is 1.77. The summed E-state index contributed by atoms with van der Waals surface area (Å²) in [4.78, 5) is 34.9. The lowest BCUT2D eigenvalue weighted by atomic mass is 10.1. The lowest BCUT2D eigenvalue weighted by Crippen LogP contribution is -2.23. The van der Waals surface area contributed by atoms with Gasteiger partial charge in [0.05, 0.1) is 5.56 Å². The maximum Gasteiger partial charge on any atom is 0.416 e. The summed E-state index contributed by atoms with van der Waals surface area (Å²) in [5.74, 6) is -1.32. The number of halogens is 3. The number of ketones is 1. The van der Waals surface area contributed by atoms with Crippen molar-refractivity contribution in [2.24, 2.45) is 0 Å². The third-order valence-corrected chi connectivity index (χ3v) is 3.69. The molecular formula is C20H18F3NO5. The van der Waals surface area contributed by atoms with Crippen LogP contribution in [0, 0.1) is 0 Å². The molecule has 0 saturated carbocycles. The average molecular weight is 409 g/mol. The highest BCUT2D eigenvalue weighted by Crippen LogP contribution is 2.30. The summed E-state index contributed by atoms with van der Waals surface area (Å²) in [6.45, 7) is 0.590. The first-order valence-corrected chi connectivity index (χ1v) is 8.58. The first-order chi connectivity index (χ1) is 13.7. The number of carbonyl (C=O) groups is 3. The third-order valence-electron chi connectivity index (χ3n) is 3.69. The molecule has 0 heterocycles. The molecule has 0 radical (unpaired) electrons. The molecule has 9 heteroatoms. The Kier molecular flexibility index (Phi) is 7.35. The molecule has 1 N–H and O–H groups in total. The Morgan fingerprint density at radius 2 is 1.69 bits per heavy atom. The zero-order chi connectivity index (χ0) is 21.4. The summed E-state index contributed by atoms with van der Waals surface area (Å²) < 4.78 is 47.9. The molecule has 29 heavy (non-hydrogen) atoms. The quantitative estimate of drug-likeness (QED) is 0.529. The molecule has 154 valence electrons. The van der Waals surface area contributed by atoms with Crippen molar-refractivity contribution in [2.45, 2.75) is 19.5 Å². The number of hydrogen-bond acceptors (Lipinski definition) is 5. The van der Waals surface area contributed by atoms with E-state index in [0.717, 1.165) is 18.2 Å². The fourth-order valence-corrected chi connectivity index (χ4v) is 2.24. The Labute approximate surface area is 164 Å². The van der Waals surface area contributed by atoms with Crippen LogP contribution in [0.25, 0.3) is 0 Å². The second-order valence-corrected chi connectivity index (χ2v) is 5.88. The molecular weight excluding hydrogens is 391 g/mol. The molecule has 0 saturated heterocycles. The molecule has 6 nitrogen and oxygen atoms in total. The van der Waals surface area contributed by atoms with Crippen LogP contribution in [0.3, 0.4) is 0 Å². The smallest absolute Gasteiger partial charge is 0.416 e. The van der Waals surface area contributed by atoms with Gasteiger partial charge in [-0.15, -0.1) is 0 Å². The number of ether oxygens (including phenoxy) is 2. The second kappa shape index (κ2) is 9.72. The van der Waals surface area contributed by atoms with Gasteiger partial charge in [0, 0.05) is 17.7 Å². The minimum absolute atomic E-state index is 0.0252. The summed E-state index contributed by atoms with van der Waals surface area (Å²) in [5.41, 5.74) is -0.458. The number of Topliss-reactive ketones (excluding diaryl/α,β-unsaturated/α-hetero) is 1. The molecule has 0 atom stereocenters. The van der Waals surface area contributed by atoms with Crippen molar-refractivity contribution in [3.63, 3.8) is 0 Å². The molecule has 2 aromatic rings. The van der Waals surface area contributed by atoms with Crippen molar-refractivity contribution in [2.75, 3.05) is 18.5 Å². The van der Waals surface area contributed by atoms with Gasteiger partial charge >= 0.3 is 12.1 Å². The van der Waals surface area contributed by atoms with E-state index < -0.39 is 36.8 Å². The zero-order valence-electron chi connectivity index (χ0n) is 15.4. The van der Waals surface area contributed by atoms with Crippen LogP contribution >= 0.6 is 0 Å². The van der Waals surface area contributed by atoms with Crippen LogP contribution in [-0.2, 0) is 20.5 Å². The topological polar surface area (TPSA) is 81.7 Å². The number of rotatable bonds is 8. The molecule has 0 spiro atoms. The van der Waals surface area contributed by atoms with E-state index >= 15 is 0 Å². The van der Waals surface area contributed by atoms with Gasteiger partial charge in [0.15, 0.2) is 19.0 Å². The maximum absolute atomic E-state index is 12.7. The molecule has 0 bridgehead atoms. The largest absolute Gasteiger partial charge is 0.482 e. The van der Waals surface area contributed by atoms with Gasteiger partial charge in [0.25, 0.3) is 5.91 Å². The van der Waals surface area contributed by atoms with Crippen molar-refractivity contribution in [3.8, 4) is 5.75 Å². The van der Waals surface area contributed by atoms with E-state index in [-0.39, 0.29) is 11.5 Å². The summed E-state index contributed by atoms with van der Waals surface area (Å²) >= 11 is 0. The van der Waals surface area contributed by atoms with E-state index in [4.69, 9.17) is 9.47 Å². The standard InChI is InChI=1S/C20H18F3NO5/c1-2-17(25)13-6-8-16(9-7-13)28-12-19(27)29-11-18(26)24-15-5-3-4-14(10-15)20(21,22)23/h3-10H,2,11-12H2,1H3,(H,24,26). The number of nitrogens with one attached hydrogen (secondary N) is 1. The normalized spacial score (nSPS) is 10.9. The maximum atomic E-state index is 12.7. The van der Waals surface area contributed by atoms with Crippen LogP contribution in [0.4, 0.5) is 18.9 Å². The van der Waals surface area contributed by atoms with Crippen LogP contribution in [-0.4, -0.2) is 30.9 Å². The predicted octanol–water partition coefficient (Wildman–Crippen LogP) is 3.86. The fraction of sp³-hybridized carbons (Fsp3) is 0.250. The number of carbonyl (C=O) groups excluding carboxylic acids is 3. The SMILES string of the molecule is CCC(=O)c1ccc(OCC(=O)OCC(=O)Nc2cccc(C(F)(F)F)c2)cc1. The van der Waals surface area contributed by atoms with E-state index in [9.17, 15) is 27.6 Å². The van der Waals surface area contributed by atoms with E-state index in [2.05, 4.69) is 5.32 Å². The average Bonchev–Trinajstić information content (AvgIpc) is 2.70. The molecule has 0 aliphatic rings. The lowest BCUT2D eigenvalue weighted by molar-refractivity contribution is -0.149.